The maximum atomic E-state index is 11.3. The highest BCUT2D eigenvalue weighted by Crippen LogP contribution is 2.26. The Morgan fingerprint density at radius 2 is 2.00 bits per heavy atom. The fourth-order valence-corrected chi connectivity index (χ4v) is 2.40. The molecule has 3 nitrogen and oxygen atoms in total. The van der Waals surface area contributed by atoms with E-state index in [9.17, 15) is 4.79 Å². The van der Waals surface area contributed by atoms with Gasteiger partial charge in [-0.3, -0.25) is 4.79 Å². The van der Waals surface area contributed by atoms with Gasteiger partial charge in [-0.25, -0.2) is 0 Å². The van der Waals surface area contributed by atoms with Crippen LogP contribution in [-0.4, -0.2) is 10.5 Å². The topological polar surface area (TPSA) is 48.0 Å². The van der Waals surface area contributed by atoms with E-state index in [2.05, 4.69) is 24.6 Å². The number of primary amides is 1. The number of rotatable bonds is 4. The maximum absolute atomic E-state index is 11.3. The average Bonchev–Trinajstić information content (AvgIpc) is 2.74. The van der Waals surface area contributed by atoms with Crippen LogP contribution in [0.2, 0.25) is 0 Å². The third-order valence-corrected chi connectivity index (χ3v) is 3.36. The average molecular weight is 230 g/mol. The van der Waals surface area contributed by atoms with Gasteiger partial charge in [-0.1, -0.05) is 19.9 Å². The Labute approximate surface area is 101 Å². The number of carbonyl (C=O) groups excluding carboxylic acids is 1. The summed E-state index contributed by atoms with van der Waals surface area (Å²) >= 11 is 0. The van der Waals surface area contributed by atoms with E-state index in [-0.39, 0.29) is 5.91 Å². The molecule has 90 valence electrons. The van der Waals surface area contributed by atoms with Gasteiger partial charge >= 0.3 is 0 Å². The van der Waals surface area contributed by atoms with Crippen molar-refractivity contribution in [2.45, 2.75) is 32.7 Å². The number of fused-ring (bicyclic) bond motifs is 1. The minimum absolute atomic E-state index is 0.363. The molecule has 17 heavy (non-hydrogen) atoms. The fourth-order valence-electron chi connectivity index (χ4n) is 2.40. The zero-order valence-corrected chi connectivity index (χ0v) is 10.3. The van der Waals surface area contributed by atoms with Crippen LogP contribution in [0.25, 0.3) is 10.9 Å². The van der Waals surface area contributed by atoms with Gasteiger partial charge in [0.25, 0.3) is 0 Å². The van der Waals surface area contributed by atoms with Crippen molar-refractivity contribution in [1.82, 2.24) is 4.57 Å². The van der Waals surface area contributed by atoms with Crippen molar-refractivity contribution < 1.29 is 4.79 Å². The van der Waals surface area contributed by atoms with Gasteiger partial charge in [-0.05, 0) is 31.0 Å². The molecule has 0 radical (unpaired) electrons. The van der Waals surface area contributed by atoms with E-state index >= 15 is 0 Å². The first-order valence-corrected chi connectivity index (χ1v) is 6.08. The molecule has 0 atom stereocenters. The molecule has 1 heterocycles. The Morgan fingerprint density at radius 1 is 1.29 bits per heavy atom. The predicted octanol–water partition coefficient (Wildman–Crippen LogP) is 3.10. The van der Waals surface area contributed by atoms with Gasteiger partial charge in [-0.15, -0.1) is 0 Å². The second-order valence-electron chi connectivity index (χ2n) is 4.30. The van der Waals surface area contributed by atoms with Crippen molar-refractivity contribution in [3.63, 3.8) is 0 Å². The van der Waals surface area contributed by atoms with E-state index in [0.717, 1.165) is 23.7 Å². The molecule has 0 aliphatic carbocycles. The van der Waals surface area contributed by atoms with Gasteiger partial charge in [0.2, 0.25) is 5.91 Å². The molecule has 0 bridgehead atoms. The maximum Gasteiger partial charge on any atom is 0.249 e. The largest absolute Gasteiger partial charge is 0.366 e. The Morgan fingerprint density at radius 3 is 2.59 bits per heavy atom. The smallest absolute Gasteiger partial charge is 0.249 e. The zero-order valence-electron chi connectivity index (χ0n) is 10.3. The van der Waals surface area contributed by atoms with Crippen LogP contribution in [0.15, 0.2) is 30.5 Å². The quantitative estimate of drug-likeness (QED) is 0.862. The summed E-state index contributed by atoms with van der Waals surface area (Å²) in [5, 5.41) is 0.951. The number of nitrogens with two attached hydrogens (primary N) is 1. The fraction of sp³-hybridized carbons (Fsp3) is 0.357. The van der Waals surface area contributed by atoms with E-state index in [1.54, 1.807) is 6.07 Å². The third kappa shape index (κ3) is 1.93. The highest BCUT2D eigenvalue weighted by atomic mass is 16.1. The molecule has 0 aliphatic rings. The molecule has 2 N–H and O–H groups in total. The van der Waals surface area contributed by atoms with Crippen molar-refractivity contribution in [3.05, 3.63) is 36.0 Å². The molecule has 0 aliphatic heterocycles. The minimum atomic E-state index is -0.363. The summed E-state index contributed by atoms with van der Waals surface area (Å²) in [6, 6.07) is 8.17. The number of amides is 1. The monoisotopic (exact) mass is 230 g/mol. The summed E-state index contributed by atoms with van der Waals surface area (Å²) < 4.78 is 2.24. The second kappa shape index (κ2) is 4.62. The first kappa shape index (κ1) is 11.7. The number of nitrogens with zero attached hydrogens (tertiary/aromatic N) is 1. The molecular weight excluding hydrogens is 212 g/mol. The van der Waals surface area contributed by atoms with Crippen molar-refractivity contribution in [3.8, 4) is 0 Å². The molecule has 1 amide bonds. The van der Waals surface area contributed by atoms with Crippen LogP contribution >= 0.6 is 0 Å². The molecular formula is C14H18N2O. The summed E-state index contributed by atoms with van der Waals surface area (Å²) in [6.07, 6.45) is 4.22. The number of hydrogen-bond acceptors (Lipinski definition) is 1. The Hall–Kier alpha value is -1.77. The van der Waals surface area contributed by atoms with E-state index in [0.29, 0.717) is 11.6 Å². The van der Waals surface area contributed by atoms with Crippen LogP contribution in [-0.2, 0) is 0 Å². The van der Waals surface area contributed by atoms with Crippen molar-refractivity contribution in [1.29, 1.82) is 0 Å². The lowest BCUT2D eigenvalue weighted by atomic mass is 10.1. The van der Waals surface area contributed by atoms with Gasteiger partial charge in [-0.2, -0.15) is 0 Å². The standard InChI is InChI=1S/C14H18N2O/c1-3-10(4-2)16-9-8-11-12(14(15)17)6-5-7-13(11)16/h5-10H,3-4H2,1-2H3,(H2,15,17). The van der Waals surface area contributed by atoms with E-state index < -0.39 is 0 Å². The van der Waals surface area contributed by atoms with Crippen molar-refractivity contribution >= 4 is 16.8 Å². The Kier molecular flexibility index (Phi) is 3.18. The Balaban J connectivity index is 2.62. The van der Waals surface area contributed by atoms with Gasteiger partial charge in [0.1, 0.15) is 0 Å². The molecule has 0 unspecified atom stereocenters. The van der Waals surface area contributed by atoms with Crippen LogP contribution in [0.1, 0.15) is 43.1 Å². The van der Waals surface area contributed by atoms with Crippen molar-refractivity contribution in [2.24, 2.45) is 5.73 Å². The lowest BCUT2D eigenvalue weighted by Gasteiger charge is -2.16. The van der Waals surface area contributed by atoms with Gasteiger partial charge < -0.3 is 10.3 Å². The van der Waals surface area contributed by atoms with Crippen LogP contribution in [0.3, 0.4) is 0 Å². The van der Waals surface area contributed by atoms with E-state index in [1.165, 1.54) is 0 Å². The second-order valence-corrected chi connectivity index (χ2v) is 4.30. The highest BCUT2D eigenvalue weighted by molar-refractivity contribution is 6.05. The third-order valence-electron chi connectivity index (χ3n) is 3.36. The molecule has 0 fully saturated rings. The molecule has 3 heteroatoms. The number of aromatic nitrogens is 1. The summed E-state index contributed by atoms with van der Waals surface area (Å²) in [4.78, 5) is 11.3. The molecule has 2 rings (SSSR count). The lowest BCUT2D eigenvalue weighted by molar-refractivity contribution is 0.100. The lowest BCUT2D eigenvalue weighted by Crippen LogP contribution is -2.11. The van der Waals surface area contributed by atoms with Crippen LogP contribution in [0, 0.1) is 0 Å². The van der Waals surface area contributed by atoms with Gasteiger partial charge in [0.05, 0.1) is 0 Å². The van der Waals surface area contributed by atoms with Crippen LogP contribution in [0.4, 0.5) is 0 Å². The highest BCUT2D eigenvalue weighted by Gasteiger charge is 2.13. The Bertz CT molecular complexity index is 538. The molecule has 2 aromatic rings. The van der Waals surface area contributed by atoms with Crippen LogP contribution in [0.5, 0.6) is 0 Å². The first-order valence-electron chi connectivity index (χ1n) is 6.08. The molecule has 1 aromatic heterocycles. The predicted molar refractivity (Wildman–Crippen MR) is 70.1 cm³/mol. The SMILES string of the molecule is CCC(CC)n1ccc2c(C(N)=O)cccc21. The van der Waals surface area contributed by atoms with Gasteiger partial charge in [0.15, 0.2) is 0 Å². The zero-order chi connectivity index (χ0) is 12.4. The number of benzene rings is 1. The normalized spacial score (nSPS) is 11.2. The number of carbonyl (C=O) groups is 1. The summed E-state index contributed by atoms with van der Waals surface area (Å²) in [7, 11) is 0. The summed E-state index contributed by atoms with van der Waals surface area (Å²) in [6.45, 7) is 4.36. The molecule has 0 saturated carbocycles. The van der Waals surface area contributed by atoms with E-state index in [1.807, 2.05) is 18.2 Å². The summed E-state index contributed by atoms with van der Waals surface area (Å²) in [5.74, 6) is -0.363. The van der Waals surface area contributed by atoms with Gasteiger partial charge in [0, 0.05) is 28.7 Å². The number of hydrogen-bond donors (Lipinski definition) is 1. The van der Waals surface area contributed by atoms with Crippen molar-refractivity contribution in [2.75, 3.05) is 0 Å². The first-order chi connectivity index (χ1) is 8.19. The molecule has 0 spiro atoms. The molecule has 1 aromatic carbocycles. The molecule has 0 saturated heterocycles. The van der Waals surface area contributed by atoms with Crippen LogP contribution < -0.4 is 5.73 Å². The van der Waals surface area contributed by atoms with E-state index in [4.69, 9.17) is 5.73 Å². The minimum Gasteiger partial charge on any atom is -0.366 e. The summed E-state index contributed by atoms with van der Waals surface area (Å²) in [5.41, 5.74) is 7.08.